The molecule has 1 unspecified atom stereocenters. The number of thioether (sulfide) groups is 1. The van der Waals surface area contributed by atoms with E-state index < -0.39 is 22.8 Å². The van der Waals surface area contributed by atoms with Gasteiger partial charge in [0.1, 0.15) is 5.37 Å². The molecule has 3 rings (SSSR count). The van der Waals surface area contributed by atoms with Gasteiger partial charge in [0.05, 0.1) is 44.5 Å². The van der Waals surface area contributed by atoms with E-state index in [0.29, 0.717) is 0 Å². The molecule has 0 bridgehead atoms. The van der Waals surface area contributed by atoms with Crippen LogP contribution in [0, 0.1) is 0 Å². The molecule has 3 aliphatic heterocycles. The van der Waals surface area contributed by atoms with Crippen molar-refractivity contribution in [3.63, 3.8) is 0 Å². The van der Waals surface area contributed by atoms with Crippen molar-refractivity contribution in [2.75, 3.05) is 39.3 Å². The largest absolute Gasteiger partial charge is 0.548 e. The van der Waals surface area contributed by atoms with Crippen LogP contribution in [-0.4, -0.2) is 94.0 Å². The molecule has 3 aliphatic rings. The minimum atomic E-state index is -1.18. The number of likely N-dealkylation sites (tertiary alicyclic amines) is 1. The molecule has 0 aromatic carbocycles. The number of carboxylic acids is 1. The molecule has 7 nitrogen and oxygen atoms in total. The van der Waals surface area contributed by atoms with Crippen LogP contribution in [0.3, 0.4) is 0 Å². The lowest BCUT2D eigenvalue weighted by atomic mass is 9.96. The van der Waals surface area contributed by atoms with Crippen LogP contribution in [0.5, 0.6) is 0 Å². The number of hydrogen-bond donors (Lipinski definition) is 0. The van der Waals surface area contributed by atoms with Crippen molar-refractivity contribution in [2.45, 2.75) is 141 Å². The van der Waals surface area contributed by atoms with Crippen LogP contribution in [-0.2, 0) is 9.59 Å². The molecule has 0 aromatic rings. The number of carboxylic acid groups (broad SMARTS) is 1. The zero-order valence-electron chi connectivity index (χ0n) is 26.0. The standard InChI is InChI=1S/C16H36N.C15H23N3O3S/c1-5-9-13-17(14-10-6-2,15-11-7-3)16-12-8-4;1-15(2)11(14(20)21)18-12(19)10(13(18)22-15)16-9-17-7-5-3-4-6-8-17/h5-16H2,1-4H3;9-11,13H,3-8H2,1-2H3,(H,20,21)/q+1;/p-1/t;10?,11-,13+/m.0/s1. The van der Waals surface area contributed by atoms with E-state index in [9.17, 15) is 14.7 Å². The van der Waals surface area contributed by atoms with E-state index in [1.54, 1.807) is 6.34 Å². The second-order valence-corrected chi connectivity index (χ2v) is 14.2. The Morgan fingerprint density at radius 3 is 1.79 bits per heavy atom. The van der Waals surface area contributed by atoms with Crippen molar-refractivity contribution in [2.24, 2.45) is 4.99 Å². The van der Waals surface area contributed by atoms with Crippen LogP contribution in [0.4, 0.5) is 0 Å². The molecule has 0 spiro atoms. The molecule has 3 atom stereocenters. The van der Waals surface area contributed by atoms with Gasteiger partial charge in [0.15, 0.2) is 6.04 Å². The third kappa shape index (κ3) is 9.65. The number of β-lactam (4-membered cyclic amide) rings is 1. The number of quaternary nitrogens is 1. The number of carbonyl (C=O) groups is 2. The molecule has 1 amide bonds. The van der Waals surface area contributed by atoms with Gasteiger partial charge in [-0.25, -0.2) is 0 Å². The molecule has 8 heteroatoms. The molecule has 0 aliphatic carbocycles. The van der Waals surface area contributed by atoms with Gasteiger partial charge < -0.3 is 24.2 Å². The topological polar surface area (TPSA) is 76.0 Å². The van der Waals surface area contributed by atoms with Gasteiger partial charge >= 0.3 is 0 Å². The predicted molar refractivity (Wildman–Crippen MR) is 163 cm³/mol. The van der Waals surface area contributed by atoms with Gasteiger partial charge in [0.2, 0.25) is 0 Å². The molecule has 0 radical (unpaired) electrons. The summed E-state index contributed by atoms with van der Waals surface area (Å²) < 4.78 is 0.884. The maximum Gasteiger partial charge on any atom is 0.252 e. The highest BCUT2D eigenvalue weighted by Gasteiger charge is 2.61. The number of aliphatic carboxylic acids is 1. The average Bonchev–Trinajstić information content (AvgIpc) is 3.04. The maximum atomic E-state index is 12.3. The minimum absolute atomic E-state index is 0.173. The fraction of sp³-hybridized carbons (Fsp3) is 0.903. The van der Waals surface area contributed by atoms with Gasteiger partial charge in [0, 0.05) is 17.8 Å². The summed E-state index contributed by atoms with van der Waals surface area (Å²) >= 11 is 1.51. The number of fused-ring (bicyclic) bond motifs is 1. The number of rotatable bonds is 15. The normalized spacial score (nSPS) is 24.7. The summed E-state index contributed by atoms with van der Waals surface area (Å²) in [4.78, 5) is 31.7. The second kappa shape index (κ2) is 16.9. The van der Waals surface area contributed by atoms with Crippen molar-refractivity contribution in [1.82, 2.24) is 9.80 Å². The SMILES string of the molecule is CC1(C)S[C@@H]2C(N=CN3CCCCCC3)C(=O)N2[C@H]1C(=O)[O-].CCCC[N+](CCCC)(CCCC)CCCC. The Morgan fingerprint density at radius 1 is 0.923 bits per heavy atom. The molecule has 3 heterocycles. The van der Waals surface area contributed by atoms with Crippen LogP contribution in [0.25, 0.3) is 0 Å². The van der Waals surface area contributed by atoms with Crippen LogP contribution >= 0.6 is 11.8 Å². The number of amides is 1. The molecule has 226 valence electrons. The predicted octanol–water partition coefficient (Wildman–Crippen LogP) is 5.08. The van der Waals surface area contributed by atoms with Gasteiger partial charge in [-0.15, -0.1) is 11.8 Å². The van der Waals surface area contributed by atoms with E-state index in [0.717, 1.165) is 25.9 Å². The minimum Gasteiger partial charge on any atom is -0.548 e. The second-order valence-electron chi connectivity index (χ2n) is 12.4. The molecular weight excluding hydrogens is 508 g/mol. The first-order valence-electron chi connectivity index (χ1n) is 16.0. The molecule has 0 N–H and O–H groups in total. The molecule has 0 aromatic heterocycles. The Hall–Kier alpha value is -1.28. The van der Waals surface area contributed by atoms with Crippen LogP contribution < -0.4 is 5.11 Å². The quantitative estimate of drug-likeness (QED) is 0.120. The smallest absolute Gasteiger partial charge is 0.252 e. The van der Waals surface area contributed by atoms with Crippen molar-refractivity contribution in [1.29, 1.82) is 0 Å². The van der Waals surface area contributed by atoms with Crippen LogP contribution in [0.15, 0.2) is 4.99 Å². The number of aliphatic imine (C=N–C) groups is 1. The molecule has 3 fully saturated rings. The average molecular weight is 567 g/mol. The highest BCUT2D eigenvalue weighted by atomic mass is 32.2. The lowest BCUT2D eigenvalue weighted by Gasteiger charge is -2.43. The van der Waals surface area contributed by atoms with Crippen molar-refractivity contribution >= 4 is 30.0 Å². The lowest BCUT2D eigenvalue weighted by Crippen LogP contribution is -2.66. The maximum absolute atomic E-state index is 12.3. The zero-order valence-corrected chi connectivity index (χ0v) is 26.8. The highest BCUT2D eigenvalue weighted by Crippen LogP contribution is 2.51. The van der Waals surface area contributed by atoms with E-state index in [1.807, 2.05) is 13.8 Å². The first kappa shape index (κ1) is 33.9. The summed E-state index contributed by atoms with van der Waals surface area (Å²) in [7, 11) is 0. The van der Waals surface area contributed by atoms with E-state index in [4.69, 9.17) is 0 Å². The summed E-state index contributed by atoms with van der Waals surface area (Å²) in [5.74, 6) is -1.37. The number of unbranched alkanes of at least 4 members (excludes halogenated alkanes) is 4. The Balaban J connectivity index is 0.000000285. The number of carbonyl (C=O) groups excluding carboxylic acids is 2. The van der Waals surface area contributed by atoms with Gasteiger partial charge in [-0.3, -0.25) is 9.79 Å². The van der Waals surface area contributed by atoms with E-state index >= 15 is 0 Å². The number of hydrogen-bond acceptors (Lipinski definition) is 5. The van der Waals surface area contributed by atoms with Gasteiger partial charge in [-0.2, -0.15) is 0 Å². The van der Waals surface area contributed by atoms with Crippen molar-refractivity contribution in [3.8, 4) is 0 Å². The highest BCUT2D eigenvalue weighted by molar-refractivity contribution is 8.01. The van der Waals surface area contributed by atoms with E-state index in [-0.39, 0.29) is 11.3 Å². The number of nitrogens with zero attached hydrogens (tertiary/aromatic N) is 4. The molecule has 3 saturated heterocycles. The summed E-state index contributed by atoms with van der Waals surface area (Å²) in [5, 5.41) is 11.2. The van der Waals surface area contributed by atoms with Crippen LogP contribution in [0.2, 0.25) is 0 Å². The molecule has 39 heavy (non-hydrogen) atoms. The molecule has 0 saturated carbocycles. The van der Waals surface area contributed by atoms with Gasteiger partial charge in [0.25, 0.3) is 5.91 Å². The first-order valence-corrected chi connectivity index (χ1v) is 16.9. The van der Waals surface area contributed by atoms with E-state index in [1.165, 1.54) is 112 Å². The Morgan fingerprint density at radius 2 is 1.38 bits per heavy atom. The fourth-order valence-electron chi connectivity index (χ4n) is 6.13. The summed E-state index contributed by atoms with van der Waals surface area (Å²) in [6, 6.07) is -1.31. The lowest BCUT2D eigenvalue weighted by molar-refractivity contribution is -0.929. The third-order valence-corrected chi connectivity index (χ3v) is 10.2. The summed E-state index contributed by atoms with van der Waals surface area (Å²) in [6.07, 6.45) is 17.7. The van der Waals surface area contributed by atoms with Gasteiger partial charge in [-0.1, -0.05) is 66.2 Å². The Kier molecular flexibility index (Phi) is 14.7. The monoisotopic (exact) mass is 566 g/mol. The first-order chi connectivity index (χ1) is 18.7. The zero-order chi connectivity index (χ0) is 28.9. The van der Waals surface area contributed by atoms with Gasteiger partial charge in [-0.05, 0) is 52.4 Å². The Bertz CT molecular complexity index is 729. The Labute approximate surface area is 243 Å². The van der Waals surface area contributed by atoms with E-state index in [2.05, 4.69) is 37.6 Å². The fourth-order valence-corrected chi connectivity index (χ4v) is 7.75. The summed E-state index contributed by atoms with van der Waals surface area (Å²) in [5.41, 5.74) is 0. The van der Waals surface area contributed by atoms with Crippen molar-refractivity contribution < 1.29 is 19.2 Å². The summed E-state index contributed by atoms with van der Waals surface area (Å²) in [6.45, 7) is 20.7. The third-order valence-electron chi connectivity index (χ3n) is 8.61. The van der Waals surface area contributed by atoms with Crippen LogP contribution in [0.1, 0.15) is 119 Å². The molecular formula is C31H58N4O3S. The van der Waals surface area contributed by atoms with Crippen molar-refractivity contribution in [3.05, 3.63) is 0 Å².